The number of nitrogens with one attached hydrogen (secondary N) is 1. The van der Waals surface area contributed by atoms with Crippen LogP contribution in [0.15, 0.2) is 0 Å². The first-order chi connectivity index (χ1) is 7.59. The van der Waals surface area contributed by atoms with Crippen LogP contribution in [-0.4, -0.2) is 49.5 Å². The van der Waals surface area contributed by atoms with Crippen LogP contribution in [-0.2, 0) is 19.1 Å². The predicted octanol–water partition coefficient (Wildman–Crippen LogP) is -0.371. The van der Waals surface area contributed by atoms with Gasteiger partial charge in [-0.05, 0) is 13.3 Å². The average Bonchev–Trinajstić information content (AvgIpc) is 2.60. The van der Waals surface area contributed by atoms with Crippen LogP contribution in [0.4, 0.5) is 0 Å². The fraction of sp³-hybridized carbons (Fsp3) is 0.800. The van der Waals surface area contributed by atoms with Crippen molar-refractivity contribution in [1.82, 2.24) is 5.32 Å². The fourth-order valence-corrected chi connectivity index (χ4v) is 1.57. The number of carbonyl (C=O) groups excluding carboxylic acids is 1. The Bertz CT molecular complexity index is 256. The Morgan fingerprint density at radius 3 is 2.81 bits per heavy atom. The minimum Gasteiger partial charge on any atom is -0.480 e. The molecule has 0 spiro atoms. The molecule has 0 aromatic rings. The zero-order chi connectivity index (χ0) is 12.0. The van der Waals surface area contributed by atoms with Crippen molar-refractivity contribution >= 4 is 11.9 Å². The molecule has 92 valence electrons. The monoisotopic (exact) mass is 231 g/mol. The predicted molar refractivity (Wildman–Crippen MR) is 55.0 cm³/mol. The van der Waals surface area contributed by atoms with E-state index in [9.17, 15) is 9.59 Å². The highest BCUT2D eigenvalue weighted by molar-refractivity contribution is 5.77. The number of amides is 1. The summed E-state index contributed by atoms with van der Waals surface area (Å²) in [5.41, 5.74) is 0. The van der Waals surface area contributed by atoms with Crippen molar-refractivity contribution in [2.75, 3.05) is 26.4 Å². The van der Waals surface area contributed by atoms with Gasteiger partial charge >= 0.3 is 5.97 Å². The SMILES string of the molecule is CC1OCCC1CNC(=O)COCC(=O)O. The van der Waals surface area contributed by atoms with Crippen LogP contribution in [0, 0.1) is 5.92 Å². The molecule has 0 saturated carbocycles. The fourth-order valence-electron chi connectivity index (χ4n) is 1.57. The first kappa shape index (κ1) is 12.9. The Kier molecular flexibility index (Phi) is 5.21. The van der Waals surface area contributed by atoms with Crippen LogP contribution in [0.25, 0.3) is 0 Å². The Hall–Kier alpha value is -1.14. The molecule has 6 heteroatoms. The van der Waals surface area contributed by atoms with Gasteiger partial charge in [-0.3, -0.25) is 4.79 Å². The van der Waals surface area contributed by atoms with Crippen molar-refractivity contribution in [2.24, 2.45) is 5.92 Å². The summed E-state index contributed by atoms with van der Waals surface area (Å²) >= 11 is 0. The molecule has 6 nitrogen and oxygen atoms in total. The number of aliphatic carboxylic acids is 1. The average molecular weight is 231 g/mol. The largest absolute Gasteiger partial charge is 0.480 e. The summed E-state index contributed by atoms with van der Waals surface area (Å²) in [6.07, 6.45) is 1.11. The lowest BCUT2D eigenvalue weighted by atomic mass is 10.0. The quantitative estimate of drug-likeness (QED) is 0.651. The van der Waals surface area contributed by atoms with E-state index in [1.54, 1.807) is 0 Å². The summed E-state index contributed by atoms with van der Waals surface area (Å²) in [4.78, 5) is 21.3. The Morgan fingerprint density at radius 1 is 1.50 bits per heavy atom. The molecule has 1 aliphatic heterocycles. The van der Waals surface area contributed by atoms with Crippen molar-refractivity contribution in [3.05, 3.63) is 0 Å². The number of hydrogen-bond donors (Lipinski definition) is 2. The molecule has 1 aliphatic rings. The minimum atomic E-state index is -1.08. The second-order valence-corrected chi connectivity index (χ2v) is 3.82. The topological polar surface area (TPSA) is 84.9 Å². The van der Waals surface area contributed by atoms with Crippen LogP contribution < -0.4 is 5.32 Å². The van der Waals surface area contributed by atoms with E-state index in [-0.39, 0.29) is 18.6 Å². The minimum absolute atomic E-state index is 0.167. The van der Waals surface area contributed by atoms with Crippen molar-refractivity contribution in [1.29, 1.82) is 0 Å². The first-order valence-corrected chi connectivity index (χ1v) is 5.27. The van der Waals surface area contributed by atoms with E-state index in [0.717, 1.165) is 13.0 Å². The molecule has 1 heterocycles. The normalized spacial score (nSPS) is 24.3. The lowest BCUT2D eigenvalue weighted by Gasteiger charge is -2.14. The van der Waals surface area contributed by atoms with Gasteiger partial charge in [0.1, 0.15) is 13.2 Å². The third-order valence-electron chi connectivity index (χ3n) is 2.55. The molecule has 0 aliphatic carbocycles. The molecular formula is C10H17NO5. The zero-order valence-electron chi connectivity index (χ0n) is 9.27. The van der Waals surface area contributed by atoms with Crippen LogP contribution in [0.5, 0.6) is 0 Å². The highest BCUT2D eigenvalue weighted by Crippen LogP contribution is 2.18. The summed E-state index contributed by atoms with van der Waals surface area (Å²) in [6, 6.07) is 0. The number of rotatable bonds is 6. The first-order valence-electron chi connectivity index (χ1n) is 5.27. The van der Waals surface area contributed by atoms with E-state index in [2.05, 4.69) is 10.1 Å². The molecule has 1 rings (SSSR count). The van der Waals surface area contributed by atoms with Gasteiger partial charge in [0.05, 0.1) is 6.10 Å². The summed E-state index contributed by atoms with van der Waals surface area (Å²) in [5.74, 6) is -1.03. The van der Waals surface area contributed by atoms with Gasteiger partial charge in [0, 0.05) is 19.1 Å². The standard InChI is InChI=1S/C10H17NO5/c1-7-8(2-3-16-7)4-11-9(12)5-15-6-10(13)14/h7-8H,2-6H2,1H3,(H,11,12)(H,13,14). The van der Waals surface area contributed by atoms with Crippen molar-refractivity contribution < 1.29 is 24.2 Å². The van der Waals surface area contributed by atoms with Gasteiger partial charge in [0.2, 0.25) is 5.91 Å². The molecule has 0 aromatic heterocycles. The second kappa shape index (κ2) is 6.44. The van der Waals surface area contributed by atoms with Gasteiger partial charge in [-0.15, -0.1) is 0 Å². The number of carboxylic acid groups (broad SMARTS) is 1. The van der Waals surface area contributed by atoms with Crippen LogP contribution in [0.2, 0.25) is 0 Å². The Labute approximate surface area is 93.9 Å². The zero-order valence-corrected chi connectivity index (χ0v) is 9.27. The molecule has 0 aromatic carbocycles. The summed E-state index contributed by atoms with van der Waals surface area (Å²) < 4.78 is 10.0. The highest BCUT2D eigenvalue weighted by Gasteiger charge is 2.24. The third-order valence-corrected chi connectivity index (χ3v) is 2.55. The molecule has 2 atom stereocenters. The Balaban J connectivity index is 2.08. The number of carboxylic acids is 1. The smallest absolute Gasteiger partial charge is 0.329 e. The van der Waals surface area contributed by atoms with Crippen LogP contribution >= 0.6 is 0 Å². The molecule has 0 radical (unpaired) electrons. The third kappa shape index (κ3) is 4.59. The molecule has 16 heavy (non-hydrogen) atoms. The summed E-state index contributed by atoms with van der Waals surface area (Å²) in [6.45, 7) is 2.60. The highest BCUT2D eigenvalue weighted by atomic mass is 16.5. The second-order valence-electron chi connectivity index (χ2n) is 3.82. The summed E-state index contributed by atoms with van der Waals surface area (Å²) in [7, 11) is 0. The van der Waals surface area contributed by atoms with E-state index >= 15 is 0 Å². The van der Waals surface area contributed by atoms with Gasteiger partial charge in [0.25, 0.3) is 0 Å². The lowest BCUT2D eigenvalue weighted by Crippen LogP contribution is -2.34. The van der Waals surface area contributed by atoms with E-state index in [1.165, 1.54) is 0 Å². The van der Waals surface area contributed by atoms with Gasteiger partial charge in [-0.25, -0.2) is 4.79 Å². The number of carbonyl (C=O) groups is 2. The van der Waals surface area contributed by atoms with Gasteiger partial charge in [-0.2, -0.15) is 0 Å². The van der Waals surface area contributed by atoms with E-state index < -0.39 is 12.6 Å². The molecule has 0 bridgehead atoms. The van der Waals surface area contributed by atoms with Crippen LogP contribution in [0.3, 0.4) is 0 Å². The molecule has 1 saturated heterocycles. The van der Waals surface area contributed by atoms with E-state index in [4.69, 9.17) is 9.84 Å². The maximum Gasteiger partial charge on any atom is 0.329 e. The van der Waals surface area contributed by atoms with Gasteiger partial charge in [-0.1, -0.05) is 0 Å². The summed E-state index contributed by atoms with van der Waals surface area (Å²) in [5, 5.41) is 11.0. The molecule has 1 fully saturated rings. The van der Waals surface area contributed by atoms with Crippen molar-refractivity contribution in [3.63, 3.8) is 0 Å². The Morgan fingerprint density at radius 2 is 2.25 bits per heavy atom. The number of hydrogen-bond acceptors (Lipinski definition) is 4. The van der Waals surface area contributed by atoms with Gasteiger partial charge < -0.3 is 19.9 Å². The molecule has 2 unspecified atom stereocenters. The molecular weight excluding hydrogens is 214 g/mol. The maximum absolute atomic E-state index is 11.2. The molecule has 1 amide bonds. The van der Waals surface area contributed by atoms with Crippen molar-refractivity contribution in [2.45, 2.75) is 19.4 Å². The number of ether oxygens (including phenoxy) is 2. The van der Waals surface area contributed by atoms with E-state index in [0.29, 0.717) is 12.5 Å². The van der Waals surface area contributed by atoms with E-state index in [1.807, 2.05) is 6.92 Å². The lowest BCUT2D eigenvalue weighted by molar-refractivity contribution is -0.143. The molecule has 2 N–H and O–H groups in total. The van der Waals surface area contributed by atoms with Crippen molar-refractivity contribution in [3.8, 4) is 0 Å². The van der Waals surface area contributed by atoms with Gasteiger partial charge in [0.15, 0.2) is 0 Å². The maximum atomic E-state index is 11.2. The van der Waals surface area contributed by atoms with Crippen LogP contribution in [0.1, 0.15) is 13.3 Å².